The van der Waals surface area contributed by atoms with Crippen molar-refractivity contribution in [3.8, 4) is 0 Å². The largest absolute Gasteiger partial charge is 0.347 e. The van der Waals surface area contributed by atoms with Crippen molar-refractivity contribution in [1.29, 1.82) is 0 Å². The van der Waals surface area contributed by atoms with Gasteiger partial charge in [0.25, 0.3) is 0 Å². The maximum absolute atomic E-state index is 12.0. The van der Waals surface area contributed by atoms with E-state index in [0.29, 0.717) is 18.1 Å². The van der Waals surface area contributed by atoms with Crippen molar-refractivity contribution in [3.05, 3.63) is 0 Å². The summed E-state index contributed by atoms with van der Waals surface area (Å²) in [5, 5.41) is 3.64. The highest BCUT2D eigenvalue weighted by Crippen LogP contribution is 2.30. The molecule has 0 aromatic carbocycles. The molecule has 2 bridgehead atoms. The third-order valence-electron chi connectivity index (χ3n) is 4.43. The summed E-state index contributed by atoms with van der Waals surface area (Å²) in [7, 11) is 5.76. The zero-order valence-corrected chi connectivity index (χ0v) is 11.4. The average molecular weight is 239 g/mol. The number of piperidine rings is 1. The number of carbonyl (C=O) groups excluding carboxylic acids is 1. The summed E-state index contributed by atoms with van der Waals surface area (Å²) in [4.78, 5) is 15.9. The Hall–Kier alpha value is -0.610. The average Bonchev–Trinajstić information content (AvgIpc) is 2.65. The van der Waals surface area contributed by atoms with Crippen LogP contribution in [0.4, 0.5) is 0 Å². The van der Waals surface area contributed by atoms with Crippen molar-refractivity contribution in [2.24, 2.45) is 0 Å². The molecule has 17 heavy (non-hydrogen) atoms. The van der Waals surface area contributed by atoms with E-state index in [9.17, 15) is 4.79 Å². The Morgan fingerprint density at radius 2 is 1.71 bits per heavy atom. The lowest BCUT2D eigenvalue weighted by Gasteiger charge is -2.38. The van der Waals surface area contributed by atoms with Gasteiger partial charge in [-0.15, -0.1) is 0 Å². The highest BCUT2D eigenvalue weighted by atomic mass is 16.2. The van der Waals surface area contributed by atoms with E-state index in [1.165, 1.54) is 25.7 Å². The van der Waals surface area contributed by atoms with E-state index in [-0.39, 0.29) is 11.9 Å². The first-order valence-corrected chi connectivity index (χ1v) is 6.68. The molecule has 2 saturated heterocycles. The summed E-state index contributed by atoms with van der Waals surface area (Å²) < 4.78 is 0. The van der Waals surface area contributed by atoms with Crippen molar-refractivity contribution < 1.29 is 4.79 Å². The number of nitrogens with one attached hydrogen (secondary N) is 1. The van der Waals surface area contributed by atoms with Gasteiger partial charge in [0, 0.05) is 32.2 Å². The quantitative estimate of drug-likeness (QED) is 0.786. The van der Waals surface area contributed by atoms with Gasteiger partial charge in [0.2, 0.25) is 5.91 Å². The number of fused-ring (bicyclic) bond motifs is 2. The molecule has 2 aliphatic heterocycles. The van der Waals surface area contributed by atoms with Gasteiger partial charge in [-0.3, -0.25) is 9.69 Å². The molecule has 1 amide bonds. The van der Waals surface area contributed by atoms with E-state index in [1.54, 1.807) is 4.90 Å². The van der Waals surface area contributed by atoms with Gasteiger partial charge in [0.05, 0.1) is 6.04 Å². The first-order valence-electron chi connectivity index (χ1n) is 6.68. The number of likely N-dealkylation sites (N-methyl/N-ethyl adjacent to an activating group) is 2. The Morgan fingerprint density at radius 3 is 2.18 bits per heavy atom. The normalized spacial score (nSPS) is 33.8. The molecule has 0 radical (unpaired) electrons. The predicted molar refractivity (Wildman–Crippen MR) is 68.9 cm³/mol. The monoisotopic (exact) mass is 239 g/mol. The second-order valence-electron chi connectivity index (χ2n) is 5.84. The van der Waals surface area contributed by atoms with Crippen molar-refractivity contribution in [2.75, 3.05) is 21.1 Å². The fourth-order valence-corrected chi connectivity index (χ4v) is 3.22. The van der Waals surface area contributed by atoms with Gasteiger partial charge in [0.15, 0.2) is 0 Å². The van der Waals surface area contributed by atoms with E-state index in [1.807, 2.05) is 21.0 Å². The predicted octanol–water partition coefficient (Wildman–Crippen LogP) is 0.678. The minimum absolute atomic E-state index is 0.00694. The zero-order valence-electron chi connectivity index (χ0n) is 11.4. The van der Waals surface area contributed by atoms with E-state index in [4.69, 9.17) is 0 Å². The molecule has 4 nitrogen and oxygen atoms in total. The second-order valence-corrected chi connectivity index (χ2v) is 5.84. The molecule has 0 aromatic heterocycles. The number of nitrogens with zero attached hydrogens (tertiary/aromatic N) is 2. The smallest absolute Gasteiger partial charge is 0.239 e. The molecule has 0 aliphatic carbocycles. The molecule has 3 unspecified atom stereocenters. The molecule has 0 saturated carbocycles. The molecule has 3 atom stereocenters. The van der Waals surface area contributed by atoms with Crippen molar-refractivity contribution >= 4 is 5.91 Å². The van der Waals surface area contributed by atoms with E-state index in [2.05, 4.69) is 17.3 Å². The third kappa shape index (κ3) is 2.63. The van der Waals surface area contributed by atoms with E-state index >= 15 is 0 Å². The van der Waals surface area contributed by atoms with Gasteiger partial charge in [0.1, 0.15) is 0 Å². The van der Waals surface area contributed by atoms with Crippen LogP contribution < -0.4 is 5.32 Å². The summed E-state index contributed by atoms with van der Waals surface area (Å²) in [6.45, 7) is 2.02. The molecule has 2 rings (SSSR count). The standard InChI is InChI=1S/C13H25N3O/c1-9(13(17)15(2)3)16(4)12-7-10-5-6-11(8-12)14-10/h9-12,14H,5-8H2,1-4H3. The molecule has 4 heteroatoms. The van der Waals surface area contributed by atoms with Crippen LogP contribution in [0, 0.1) is 0 Å². The van der Waals surface area contributed by atoms with Crippen LogP contribution in [0.25, 0.3) is 0 Å². The summed E-state index contributed by atoms with van der Waals surface area (Å²) >= 11 is 0. The van der Waals surface area contributed by atoms with Gasteiger partial charge in [-0.2, -0.15) is 0 Å². The maximum atomic E-state index is 12.0. The molecule has 2 aliphatic rings. The Balaban J connectivity index is 1.95. The minimum atomic E-state index is -0.00694. The fourth-order valence-electron chi connectivity index (χ4n) is 3.22. The summed E-state index contributed by atoms with van der Waals surface area (Å²) in [6.07, 6.45) is 5.01. The van der Waals surface area contributed by atoms with Crippen molar-refractivity contribution in [3.63, 3.8) is 0 Å². The van der Waals surface area contributed by atoms with Gasteiger partial charge in [-0.05, 0) is 39.7 Å². The van der Waals surface area contributed by atoms with Crippen LogP contribution in [-0.4, -0.2) is 61.0 Å². The first-order chi connectivity index (χ1) is 7.99. The minimum Gasteiger partial charge on any atom is -0.347 e. The molecule has 2 fully saturated rings. The van der Waals surface area contributed by atoms with Crippen LogP contribution >= 0.6 is 0 Å². The van der Waals surface area contributed by atoms with Gasteiger partial charge < -0.3 is 10.2 Å². The number of amides is 1. The maximum Gasteiger partial charge on any atom is 0.239 e. The SMILES string of the molecule is CC(C(=O)N(C)C)N(C)C1CC2CCC(C1)N2. The Bertz CT molecular complexity index is 280. The van der Waals surface area contributed by atoms with Crippen molar-refractivity contribution in [2.45, 2.75) is 56.8 Å². The lowest BCUT2D eigenvalue weighted by Crippen LogP contribution is -2.52. The lowest BCUT2D eigenvalue weighted by molar-refractivity contribution is -0.134. The van der Waals surface area contributed by atoms with Crippen LogP contribution in [0.3, 0.4) is 0 Å². The molecule has 2 heterocycles. The van der Waals surface area contributed by atoms with E-state index in [0.717, 1.165) is 0 Å². The highest BCUT2D eigenvalue weighted by Gasteiger charge is 2.37. The number of hydrogen-bond acceptors (Lipinski definition) is 3. The number of hydrogen-bond donors (Lipinski definition) is 1. The molecule has 1 N–H and O–H groups in total. The third-order valence-corrected chi connectivity index (χ3v) is 4.43. The topological polar surface area (TPSA) is 35.6 Å². The molecule has 0 spiro atoms. The fraction of sp³-hybridized carbons (Fsp3) is 0.923. The zero-order chi connectivity index (χ0) is 12.6. The first kappa shape index (κ1) is 12.8. The second kappa shape index (κ2) is 4.94. The summed E-state index contributed by atoms with van der Waals surface area (Å²) in [6, 6.07) is 1.92. The van der Waals surface area contributed by atoms with Crippen LogP contribution in [0.1, 0.15) is 32.6 Å². The Kier molecular flexibility index (Phi) is 3.73. The lowest BCUT2D eigenvalue weighted by atomic mass is 9.97. The van der Waals surface area contributed by atoms with Gasteiger partial charge in [-0.1, -0.05) is 0 Å². The number of rotatable bonds is 3. The van der Waals surface area contributed by atoms with Crippen LogP contribution in [0.2, 0.25) is 0 Å². The molecular weight excluding hydrogens is 214 g/mol. The van der Waals surface area contributed by atoms with Crippen molar-refractivity contribution in [1.82, 2.24) is 15.1 Å². The summed E-state index contributed by atoms with van der Waals surface area (Å²) in [5.41, 5.74) is 0. The van der Waals surface area contributed by atoms with Gasteiger partial charge >= 0.3 is 0 Å². The highest BCUT2D eigenvalue weighted by molar-refractivity contribution is 5.80. The summed E-state index contributed by atoms with van der Waals surface area (Å²) in [5.74, 6) is 0.207. The number of carbonyl (C=O) groups is 1. The Labute approximate surface area is 104 Å². The van der Waals surface area contributed by atoms with E-state index < -0.39 is 0 Å². The van der Waals surface area contributed by atoms with Gasteiger partial charge in [-0.25, -0.2) is 0 Å². The van der Waals surface area contributed by atoms with Crippen LogP contribution in [0.5, 0.6) is 0 Å². The Morgan fingerprint density at radius 1 is 1.18 bits per heavy atom. The molecule has 98 valence electrons. The molecule has 0 aromatic rings. The molecular formula is C13H25N3O. The van der Waals surface area contributed by atoms with Crippen LogP contribution in [0.15, 0.2) is 0 Å². The van der Waals surface area contributed by atoms with Crippen LogP contribution in [-0.2, 0) is 4.79 Å².